The molecule has 148 valence electrons. The highest BCUT2D eigenvalue weighted by molar-refractivity contribution is 5.92. The van der Waals surface area contributed by atoms with E-state index in [1.54, 1.807) is 11.0 Å². The van der Waals surface area contributed by atoms with Gasteiger partial charge in [0.1, 0.15) is 5.75 Å². The number of methoxy groups -OCH3 is 1. The van der Waals surface area contributed by atoms with Crippen molar-refractivity contribution >= 4 is 18.0 Å². The van der Waals surface area contributed by atoms with E-state index in [4.69, 9.17) is 9.47 Å². The molecule has 0 fully saturated rings. The van der Waals surface area contributed by atoms with E-state index in [2.05, 4.69) is 6.92 Å². The standard InChI is InChI=1S/C23H27NO4/c1-3-17-28-21-12-9-19(10-13-21)11-14-22(25)24(16-15-23(26)27-2)18-20-7-5-4-6-8-20/h4-14H,3,15-18H2,1-2H3/b14-11+. The number of ether oxygens (including phenoxy) is 2. The molecular weight excluding hydrogens is 354 g/mol. The van der Waals surface area contributed by atoms with Crippen molar-refractivity contribution in [3.05, 3.63) is 71.8 Å². The highest BCUT2D eigenvalue weighted by Gasteiger charge is 2.13. The lowest BCUT2D eigenvalue weighted by molar-refractivity contribution is -0.141. The number of hydrogen-bond acceptors (Lipinski definition) is 4. The molecule has 2 rings (SSSR count). The van der Waals surface area contributed by atoms with E-state index in [1.807, 2.05) is 54.6 Å². The van der Waals surface area contributed by atoms with E-state index in [-0.39, 0.29) is 18.3 Å². The van der Waals surface area contributed by atoms with Crippen LogP contribution in [0.5, 0.6) is 5.75 Å². The Morgan fingerprint density at radius 2 is 1.75 bits per heavy atom. The van der Waals surface area contributed by atoms with Gasteiger partial charge in [-0.05, 0) is 35.8 Å². The van der Waals surface area contributed by atoms with E-state index in [0.29, 0.717) is 19.7 Å². The molecular formula is C23H27NO4. The van der Waals surface area contributed by atoms with Crippen molar-refractivity contribution in [3.63, 3.8) is 0 Å². The van der Waals surface area contributed by atoms with Crippen LogP contribution in [-0.2, 0) is 20.9 Å². The number of carbonyl (C=O) groups is 2. The van der Waals surface area contributed by atoms with E-state index in [0.717, 1.165) is 23.3 Å². The minimum atomic E-state index is -0.336. The van der Waals surface area contributed by atoms with Gasteiger partial charge in [-0.2, -0.15) is 0 Å². The average molecular weight is 381 g/mol. The summed E-state index contributed by atoms with van der Waals surface area (Å²) < 4.78 is 10.3. The van der Waals surface area contributed by atoms with Crippen molar-refractivity contribution in [2.45, 2.75) is 26.3 Å². The van der Waals surface area contributed by atoms with Gasteiger partial charge in [0.2, 0.25) is 5.91 Å². The first kappa shape index (κ1) is 21.2. The van der Waals surface area contributed by atoms with Crippen LogP contribution in [0.15, 0.2) is 60.7 Å². The second kappa shape index (κ2) is 11.6. The molecule has 0 aliphatic carbocycles. The van der Waals surface area contributed by atoms with E-state index >= 15 is 0 Å². The summed E-state index contributed by atoms with van der Waals surface area (Å²) >= 11 is 0. The Bertz CT molecular complexity index is 769. The summed E-state index contributed by atoms with van der Waals surface area (Å²) in [6, 6.07) is 17.3. The molecule has 0 atom stereocenters. The van der Waals surface area contributed by atoms with Crippen molar-refractivity contribution in [1.29, 1.82) is 0 Å². The van der Waals surface area contributed by atoms with Crippen LogP contribution in [0.1, 0.15) is 30.9 Å². The molecule has 0 bridgehead atoms. The Kier molecular flexibility index (Phi) is 8.79. The molecule has 1 amide bonds. The molecule has 2 aromatic rings. The average Bonchev–Trinajstić information content (AvgIpc) is 2.74. The van der Waals surface area contributed by atoms with Crippen LogP contribution in [0, 0.1) is 0 Å². The van der Waals surface area contributed by atoms with Gasteiger partial charge in [-0.3, -0.25) is 9.59 Å². The van der Waals surface area contributed by atoms with Crippen LogP contribution >= 0.6 is 0 Å². The van der Waals surface area contributed by atoms with Crippen LogP contribution in [-0.4, -0.2) is 37.0 Å². The maximum atomic E-state index is 12.7. The first-order valence-electron chi connectivity index (χ1n) is 9.43. The van der Waals surface area contributed by atoms with Gasteiger partial charge < -0.3 is 14.4 Å². The number of nitrogens with zero attached hydrogens (tertiary/aromatic N) is 1. The predicted molar refractivity (Wildman–Crippen MR) is 110 cm³/mol. The number of amides is 1. The zero-order valence-electron chi connectivity index (χ0n) is 16.5. The molecule has 0 aromatic heterocycles. The van der Waals surface area contributed by atoms with Crippen molar-refractivity contribution in [1.82, 2.24) is 4.90 Å². The number of carbonyl (C=O) groups excluding carboxylic acids is 2. The van der Waals surface area contributed by atoms with Gasteiger partial charge in [-0.25, -0.2) is 0 Å². The molecule has 5 heteroatoms. The molecule has 0 aliphatic rings. The van der Waals surface area contributed by atoms with E-state index in [1.165, 1.54) is 13.2 Å². The quantitative estimate of drug-likeness (QED) is 0.460. The molecule has 5 nitrogen and oxygen atoms in total. The van der Waals surface area contributed by atoms with Crippen molar-refractivity contribution in [2.24, 2.45) is 0 Å². The van der Waals surface area contributed by atoms with Crippen LogP contribution in [0.4, 0.5) is 0 Å². The fourth-order valence-corrected chi connectivity index (χ4v) is 2.57. The zero-order chi connectivity index (χ0) is 20.2. The highest BCUT2D eigenvalue weighted by atomic mass is 16.5. The summed E-state index contributed by atoms with van der Waals surface area (Å²) in [6.45, 7) is 3.48. The third kappa shape index (κ3) is 7.27. The van der Waals surface area contributed by atoms with Crippen molar-refractivity contribution in [3.8, 4) is 5.75 Å². The molecule has 0 N–H and O–H groups in total. The molecule has 0 unspecified atom stereocenters. The molecule has 28 heavy (non-hydrogen) atoms. The minimum Gasteiger partial charge on any atom is -0.494 e. The third-order valence-corrected chi connectivity index (χ3v) is 4.11. The van der Waals surface area contributed by atoms with Crippen molar-refractivity contribution < 1.29 is 19.1 Å². The van der Waals surface area contributed by atoms with Gasteiger partial charge in [0.25, 0.3) is 0 Å². The zero-order valence-corrected chi connectivity index (χ0v) is 16.5. The lowest BCUT2D eigenvalue weighted by Gasteiger charge is -2.21. The Morgan fingerprint density at radius 1 is 1.04 bits per heavy atom. The van der Waals surface area contributed by atoms with Crippen LogP contribution < -0.4 is 4.74 Å². The van der Waals surface area contributed by atoms with Gasteiger partial charge >= 0.3 is 5.97 Å². The number of rotatable bonds is 10. The molecule has 0 saturated carbocycles. The smallest absolute Gasteiger partial charge is 0.307 e. The molecule has 2 aromatic carbocycles. The topological polar surface area (TPSA) is 55.8 Å². The summed E-state index contributed by atoms with van der Waals surface area (Å²) in [5, 5.41) is 0. The Balaban J connectivity index is 2.03. The largest absolute Gasteiger partial charge is 0.494 e. The fourth-order valence-electron chi connectivity index (χ4n) is 2.57. The van der Waals surface area contributed by atoms with Gasteiger partial charge in [0, 0.05) is 19.2 Å². The van der Waals surface area contributed by atoms with Gasteiger partial charge in [-0.15, -0.1) is 0 Å². The second-order valence-electron chi connectivity index (χ2n) is 6.32. The van der Waals surface area contributed by atoms with Gasteiger partial charge in [0.15, 0.2) is 0 Å². The predicted octanol–water partition coefficient (Wildman–Crippen LogP) is 4.08. The molecule has 0 radical (unpaired) electrons. The first-order valence-corrected chi connectivity index (χ1v) is 9.43. The van der Waals surface area contributed by atoms with Crippen molar-refractivity contribution in [2.75, 3.05) is 20.3 Å². The third-order valence-electron chi connectivity index (χ3n) is 4.11. The Labute approximate surface area is 166 Å². The lowest BCUT2D eigenvalue weighted by atomic mass is 10.2. The SMILES string of the molecule is CCCOc1ccc(/C=C/C(=O)N(CCC(=O)OC)Cc2ccccc2)cc1. The van der Waals surface area contributed by atoms with Crippen LogP contribution in [0.3, 0.4) is 0 Å². The summed E-state index contributed by atoms with van der Waals surface area (Å²) in [5.74, 6) is 0.325. The first-order chi connectivity index (χ1) is 13.6. The lowest BCUT2D eigenvalue weighted by Crippen LogP contribution is -2.31. The number of esters is 1. The monoisotopic (exact) mass is 381 g/mol. The normalized spacial score (nSPS) is 10.6. The van der Waals surface area contributed by atoms with Gasteiger partial charge in [0.05, 0.1) is 20.1 Å². The molecule has 0 heterocycles. The minimum absolute atomic E-state index is 0.154. The van der Waals surface area contributed by atoms with E-state index in [9.17, 15) is 9.59 Å². The summed E-state index contributed by atoms with van der Waals surface area (Å²) in [7, 11) is 1.35. The van der Waals surface area contributed by atoms with Gasteiger partial charge in [-0.1, -0.05) is 49.4 Å². The van der Waals surface area contributed by atoms with Crippen LogP contribution in [0.25, 0.3) is 6.08 Å². The fraction of sp³-hybridized carbons (Fsp3) is 0.304. The number of benzene rings is 2. The van der Waals surface area contributed by atoms with E-state index < -0.39 is 0 Å². The Morgan fingerprint density at radius 3 is 2.39 bits per heavy atom. The molecule has 0 spiro atoms. The maximum absolute atomic E-state index is 12.7. The summed E-state index contributed by atoms with van der Waals surface area (Å²) in [5.41, 5.74) is 1.91. The van der Waals surface area contributed by atoms with Crippen LogP contribution in [0.2, 0.25) is 0 Å². The molecule has 0 aliphatic heterocycles. The maximum Gasteiger partial charge on any atom is 0.307 e. The molecule has 0 saturated heterocycles. The highest BCUT2D eigenvalue weighted by Crippen LogP contribution is 2.14. The summed E-state index contributed by atoms with van der Waals surface area (Å²) in [6.07, 6.45) is 4.41. The number of hydrogen-bond donors (Lipinski definition) is 0. The Hall–Kier alpha value is -3.08. The summed E-state index contributed by atoms with van der Waals surface area (Å²) in [4.78, 5) is 25.8. The second-order valence-corrected chi connectivity index (χ2v) is 6.32.